The van der Waals surface area contributed by atoms with Gasteiger partial charge < -0.3 is 15.2 Å². The molecule has 0 saturated heterocycles. The number of carbonyl (C=O) groups is 1. The maximum atomic E-state index is 12.8. The van der Waals surface area contributed by atoms with Gasteiger partial charge in [0.25, 0.3) is 0 Å². The molecule has 3 rings (SSSR count). The zero-order valence-corrected chi connectivity index (χ0v) is 12.2. The van der Waals surface area contributed by atoms with Crippen LogP contribution in [0.5, 0.6) is 11.5 Å². The van der Waals surface area contributed by atoms with Gasteiger partial charge in [0.15, 0.2) is 0 Å². The Balaban J connectivity index is 2.12. The second kappa shape index (κ2) is 5.30. The highest BCUT2D eigenvalue weighted by Crippen LogP contribution is 2.35. The van der Waals surface area contributed by atoms with Gasteiger partial charge in [-0.2, -0.15) is 0 Å². The van der Waals surface area contributed by atoms with E-state index in [9.17, 15) is 4.79 Å². The van der Waals surface area contributed by atoms with Gasteiger partial charge in [-0.1, -0.05) is 11.6 Å². The largest absolute Gasteiger partial charge is 0.496 e. The molecule has 0 radical (unpaired) electrons. The molecule has 108 valence electrons. The number of ether oxygens (including phenoxy) is 2. The Bertz CT molecular complexity index is 728. The first-order chi connectivity index (χ1) is 10.1. The third-order valence-corrected chi connectivity index (χ3v) is 3.68. The summed E-state index contributed by atoms with van der Waals surface area (Å²) in [6.45, 7) is 0.564. The molecular weight excluding hydrogens is 290 g/mol. The number of hydrogen-bond donors (Lipinski definition) is 1. The van der Waals surface area contributed by atoms with E-state index < -0.39 is 0 Å². The van der Waals surface area contributed by atoms with Crippen LogP contribution in [0, 0.1) is 0 Å². The molecule has 0 spiro atoms. The third-order valence-electron chi connectivity index (χ3n) is 3.46. The van der Waals surface area contributed by atoms with E-state index in [1.807, 2.05) is 6.07 Å². The van der Waals surface area contributed by atoms with Gasteiger partial charge in [0.2, 0.25) is 5.78 Å². The normalized spacial score (nSPS) is 12.7. The van der Waals surface area contributed by atoms with E-state index in [4.69, 9.17) is 26.8 Å². The zero-order chi connectivity index (χ0) is 15.0. The van der Waals surface area contributed by atoms with Crippen LogP contribution in [-0.2, 0) is 6.42 Å². The molecule has 21 heavy (non-hydrogen) atoms. The molecule has 4 nitrogen and oxygen atoms in total. The summed E-state index contributed by atoms with van der Waals surface area (Å²) < 4.78 is 10.8. The molecule has 0 saturated carbocycles. The van der Waals surface area contributed by atoms with Crippen molar-refractivity contribution in [3.8, 4) is 11.5 Å². The number of benzene rings is 2. The van der Waals surface area contributed by atoms with Gasteiger partial charge in [-0.3, -0.25) is 4.79 Å². The molecule has 0 fully saturated rings. The van der Waals surface area contributed by atoms with Crippen molar-refractivity contribution in [1.82, 2.24) is 0 Å². The zero-order valence-electron chi connectivity index (χ0n) is 11.5. The molecule has 0 aromatic heterocycles. The van der Waals surface area contributed by atoms with Crippen LogP contribution in [-0.4, -0.2) is 19.5 Å². The Morgan fingerprint density at radius 2 is 2.10 bits per heavy atom. The number of anilines is 1. The number of ketones is 1. The second-order valence-electron chi connectivity index (χ2n) is 4.83. The first kappa shape index (κ1) is 13.8. The fraction of sp³-hybridized carbons (Fsp3) is 0.188. The average Bonchev–Trinajstić information content (AvgIpc) is 2.93. The van der Waals surface area contributed by atoms with Crippen LogP contribution < -0.4 is 15.2 Å². The maximum absolute atomic E-state index is 12.8. The van der Waals surface area contributed by atoms with E-state index in [0.29, 0.717) is 39.9 Å². The smallest absolute Gasteiger partial charge is 0.200 e. The summed E-state index contributed by atoms with van der Waals surface area (Å²) in [7, 11) is 1.50. The quantitative estimate of drug-likeness (QED) is 0.699. The number of rotatable bonds is 3. The van der Waals surface area contributed by atoms with E-state index in [0.717, 1.165) is 12.0 Å². The van der Waals surface area contributed by atoms with E-state index in [1.54, 1.807) is 24.3 Å². The standard InChI is InChI=1S/C16H14ClNO3/c1-20-14-8-11(18)2-3-12(14)15(19)13-7-10(17)6-9-4-5-21-16(9)13/h2-3,6-8H,4-5,18H2,1H3. The molecule has 2 N–H and O–H groups in total. The van der Waals surface area contributed by atoms with Gasteiger partial charge in [0.05, 0.1) is 24.8 Å². The number of nitrogen functional groups attached to an aromatic ring is 1. The van der Waals surface area contributed by atoms with Crippen molar-refractivity contribution >= 4 is 23.1 Å². The van der Waals surface area contributed by atoms with Crippen molar-refractivity contribution in [3.05, 3.63) is 52.0 Å². The Morgan fingerprint density at radius 1 is 1.29 bits per heavy atom. The van der Waals surface area contributed by atoms with Crippen molar-refractivity contribution in [3.63, 3.8) is 0 Å². The van der Waals surface area contributed by atoms with Crippen LogP contribution >= 0.6 is 11.6 Å². The molecular formula is C16H14ClNO3. The number of hydrogen-bond acceptors (Lipinski definition) is 4. The predicted molar refractivity (Wildman–Crippen MR) is 81.5 cm³/mol. The lowest BCUT2D eigenvalue weighted by Gasteiger charge is -2.11. The lowest BCUT2D eigenvalue weighted by molar-refractivity contribution is 0.103. The molecule has 2 aromatic carbocycles. The summed E-state index contributed by atoms with van der Waals surface area (Å²) in [5.41, 5.74) is 8.11. The predicted octanol–water partition coefficient (Wildman–Crippen LogP) is 3.10. The number of carbonyl (C=O) groups excluding carboxylic acids is 1. The second-order valence-corrected chi connectivity index (χ2v) is 5.27. The number of halogens is 1. The van der Waals surface area contributed by atoms with Gasteiger partial charge in [0, 0.05) is 23.2 Å². The Labute approximate surface area is 127 Å². The Hall–Kier alpha value is -2.20. The van der Waals surface area contributed by atoms with Gasteiger partial charge in [-0.05, 0) is 29.8 Å². The highest BCUT2D eigenvalue weighted by molar-refractivity contribution is 6.31. The van der Waals surface area contributed by atoms with Crippen molar-refractivity contribution in [2.75, 3.05) is 19.5 Å². The summed E-state index contributed by atoms with van der Waals surface area (Å²) in [6, 6.07) is 8.41. The first-order valence-corrected chi connectivity index (χ1v) is 6.91. The van der Waals surface area contributed by atoms with Crippen LogP contribution in [0.1, 0.15) is 21.5 Å². The van der Waals surface area contributed by atoms with Crippen LogP contribution in [0.2, 0.25) is 5.02 Å². The van der Waals surface area contributed by atoms with Gasteiger partial charge in [-0.25, -0.2) is 0 Å². The highest BCUT2D eigenvalue weighted by Gasteiger charge is 2.24. The minimum Gasteiger partial charge on any atom is -0.496 e. The molecule has 1 aliphatic heterocycles. The van der Waals surface area contributed by atoms with Crippen LogP contribution in [0.3, 0.4) is 0 Å². The van der Waals surface area contributed by atoms with E-state index in [2.05, 4.69) is 0 Å². The molecule has 2 aromatic rings. The number of methoxy groups -OCH3 is 1. The topological polar surface area (TPSA) is 61.5 Å². The third kappa shape index (κ3) is 2.43. The Kier molecular flexibility index (Phi) is 3.47. The molecule has 0 bridgehead atoms. The van der Waals surface area contributed by atoms with Crippen molar-refractivity contribution < 1.29 is 14.3 Å². The molecule has 1 heterocycles. The summed E-state index contributed by atoms with van der Waals surface area (Å²) in [5.74, 6) is 0.863. The van der Waals surface area contributed by atoms with Crippen LogP contribution in [0.15, 0.2) is 30.3 Å². The fourth-order valence-electron chi connectivity index (χ4n) is 2.48. The monoisotopic (exact) mass is 303 g/mol. The highest BCUT2D eigenvalue weighted by atomic mass is 35.5. The molecule has 0 amide bonds. The SMILES string of the molecule is COc1cc(N)ccc1C(=O)c1cc(Cl)cc2c1OCC2. The van der Waals surface area contributed by atoms with Crippen molar-refractivity contribution in [1.29, 1.82) is 0 Å². The van der Waals surface area contributed by atoms with Crippen LogP contribution in [0.25, 0.3) is 0 Å². The molecule has 0 atom stereocenters. The Morgan fingerprint density at radius 3 is 2.86 bits per heavy atom. The average molecular weight is 304 g/mol. The molecule has 0 aliphatic carbocycles. The summed E-state index contributed by atoms with van der Waals surface area (Å²) in [5, 5.41) is 0.525. The van der Waals surface area contributed by atoms with Crippen molar-refractivity contribution in [2.45, 2.75) is 6.42 Å². The summed E-state index contributed by atoms with van der Waals surface area (Å²) in [6.07, 6.45) is 0.759. The lowest BCUT2D eigenvalue weighted by Crippen LogP contribution is -2.06. The summed E-state index contributed by atoms with van der Waals surface area (Å²) in [4.78, 5) is 12.8. The molecule has 5 heteroatoms. The summed E-state index contributed by atoms with van der Waals surface area (Å²) >= 11 is 6.10. The number of fused-ring (bicyclic) bond motifs is 1. The maximum Gasteiger partial charge on any atom is 0.200 e. The van der Waals surface area contributed by atoms with E-state index >= 15 is 0 Å². The molecule has 0 unspecified atom stereocenters. The van der Waals surface area contributed by atoms with Crippen molar-refractivity contribution in [2.24, 2.45) is 0 Å². The fourth-order valence-corrected chi connectivity index (χ4v) is 2.72. The molecule has 1 aliphatic rings. The number of nitrogens with two attached hydrogens (primary N) is 1. The minimum absolute atomic E-state index is 0.187. The van der Waals surface area contributed by atoms with E-state index in [-0.39, 0.29) is 5.78 Å². The van der Waals surface area contributed by atoms with Gasteiger partial charge in [0.1, 0.15) is 11.5 Å². The van der Waals surface area contributed by atoms with Gasteiger partial charge >= 0.3 is 0 Å². The first-order valence-electron chi connectivity index (χ1n) is 6.53. The van der Waals surface area contributed by atoms with E-state index in [1.165, 1.54) is 7.11 Å². The minimum atomic E-state index is -0.187. The lowest BCUT2D eigenvalue weighted by atomic mass is 9.99. The van der Waals surface area contributed by atoms with Gasteiger partial charge in [-0.15, -0.1) is 0 Å². The van der Waals surface area contributed by atoms with Crippen LogP contribution in [0.4, 0.5) is 5.69 Å².